The van der Waals surface area contributed by atoms with Crippen molar-refractivity contribution in [2.24, 2.45) is 0 Å². The van der Waals surface area contributed by atoms with Gasteiger partial charge in [0.2, 0.25) is 15.9 Å². The molecule has 0 fully saturated rings. The summed E-state index contributed by atoms with van der Waals surface area (Å²) in [6.07, 6.45) is 0. The highest BCUT2D eigenvalue weighted by Crippen LogP contribution is 2.24. The van der Waals surface area contributed by atoms with E-state index in [1.165, 1.54) is 12.1 Å². The van der Waals surface area contributed by atoms with Gasteiger partial charge in [-0.25, -0.2) is 17.5 Å². The van der Waals surface area contributed by atoms with E-state index >= 15 is 0 Å². The van der Waals surface area contributed by atoms with Crippen LogP contribution in [-0.4, -0.2) is 18.6 Å². The molecular weight excluding hydrogens is 369 g/mol. The lowest BCUT2D eigenvalue weighted by Gasteiger charge is -2.19. The van der Waals surface area contributed by atoms with Crippen LogP contribution in [0.5, 0.6) is 0 Å². The second-order valence-corrected chi connectivity index (χ2v) is 8.85. The third-order valence-electron chi connectivity index (χ3n) is 4.02. The molecule has 6 nitrogen and oxygen atoms in total. The average Bonchev–Trinajstić information content (AvgIpc) is 3.09. The molecule has 0 aliphatic carbocycles. The number of sulfonamides is 1. The first kappa shape index (κ1) is 19.2. The number of hydrogen-bond donors (Lipinski definition) is 1. The topological polar surface area (TPSA) is 85.1 Å². The van der Waals surface area contributed by atoms with Crippen LogP contribution in [-0.2, 0) is 22.0 Å². The summed E-state index contributed by atoms with van der Waals surface area (Å²) >= 11 is 0. The third kappa shape index (κ3) is 4.40. The lowest BCUT2D eigenvalue weighted by atomic mass is 9.87. The van der Waals surface area contributed by atoms with Crippen LogP contribution in [0.2, 0.25) is 0 Å². The van der Waals surface area contributed by atoms with Crippen molar-refractivity contribution in [2.45, 2.75) is 37.6 Å². The van der Waals surface area contributed by atoms with Gasteiger partial charge in [0.25, 0.3) is 5.89 Å². The van der Waals surface area contributed by atoms with Gasteiger partial charge in [-0.3, -0.25) is 0 Å². The van der Waals surface area contributed by atoms with Crippen molar-refractivity contribution in [3.63, 3.8) is 0 Å². The van der Waals surface area contributed by atoms with E-state index in [9.17, 15) is 12.8 Å². The van der Waals surface area contributed by atoms with E-state index in [4.69, 9.17) is 4.42 Å². The number of benzene rings is 2. The highest BCUT2D eigenvalue weighted by Gasteiger charge is 2.19. The first-order valence-electron chi connectivity index (χ1n) is 8.34. The minimum atomic E-state index is -3.74. The summed E-state index contributed by atoms with van der Waals surface area (Å²) in [6, 6.07) is 12.7. The van der Waals surface area contributed by atoms with Gasteiger partial charge in [-0.05, 0) is 35.2 Å². The number of hydrogen-bond acceptors (Lipinski definition) is 5. The zero-order valence-electron chi connectivity index (χ0n) is 15.2. The Morgan fingerprint density at radius 3 is 2.33 bits per heavy atom. The van der Waals surface area contributed by atoms with Gasteiger partial charge in [0.05, 0.1) is 17.0 Å². The number of nitrogens with one attached hydrogen (secondary N) is 1. The highest BCUT2D eigenvalue weighted by atomic mass is 32.2. The second kappa shape index (κ2) is 7.21. The standard InChI is InChI=1S/C19H20FN3O3S/c1-19(2,3)13-8-10-14(11-9-13)27(24,25)21-12-17-22-23-18(26-17)15-6-4-5-7-16(15)20/h4-11,21H,12H2,1-3H3. The third-order valence-corrected chi connectivity index (χ3v) is 5.43. The molecule has 0 unspecified atom stereocenters. The quantitative estimate of drug-likeness (QED) is 0.720. The van der Waals surface area contributed by atoms with Gasteiger partial charge in [0.15, 0.2) is 0 Å². The van der Waals surface area contributed by atoms with E-state index in [2.05, 4.69) is 35.7 Å². The SMILES string of the molecule is CC(C)(C)c1ccc(S(=O)(=O)NCc2nnc(-c3ccccc3F)o2)cc1. The van der Waals surface area contributed by atoms with Gasteiger partial charge in [0.1, 0.15) is 5.82 Å². The van der Waals surface area contributed by atoms with Crippen molar-refractivity contribution in [2.75, 3.05) is 0 Å². The van der Waals surface area contributed by atoms with Crippen LogP contribution in [0.3, 0.4) is 0 Å². The van der Waals surface area contributed by atoms with E-state index in [0.29, 0.717) is 0 Å². The van der Waals surface area contributed by atoms with E-state index in [-0.39, 0.29) is 34.2 Å². The predicted molar refractivity (Wildman–Crippen MR) is 98.9 cm³/mol. The monoisotopic (exact) mass is 389 g/mol. The lowest BCUT2D eigenvalue weighted by molar-refractivity contribution is 0.491. The van der Waals surface area contributed by atoms with Gasteiger partial charge in [0, 0.05) is 0 Å². The molecule has 0 radical (unpaired) electrons. The van der Waals surface area contributed by atoms with Crippen LogP contribution in [0.4, 0.5) is 4.39 Å². The minimum Gasteiger partial charge on any atom is -0.419 e. The maximum Gasteiger partial charge on any atom is 0.250 e. The summed E-state index contributed by atoms with van der Waals surface area (Å²) in [4.78, 5) is 0.143. The molecule has 0 spiro atoms. The van der Waals surface area contributed by atoms with E-state index in [0.717, 1.165) is 5.56 Å². The number of aromatic nitrogens is 2. The molecule has 0 aliphatic heterocycles. The van der Waals surface area contributed by atoms with Crippen molar-refractivity contribution in [3.05, 3.63) is 65.8 Å². The summed E-state index contributed by atoms with van der Waals surface area (Å²) in [5.74, 6) is -0.452. The van der Waals surface area contributed by atoms with E-state index in [1.54, 1.807) is 36.4 Å². The molecule has 1 heterocycles. The molecule has 0 aliphatic rings. The van der Waals surface area contributed by atoms with Crippen molar-refractivity contribution < 1.29 is 17.2 Å². The van der Waals surface area contributed by atoms with E-state index < -0.39 is 15.8 Å². The molecule has 0 bridgehead atoms. The second-order valence-electron chi connectivity index (χ2n) is 7.08. The molecule has 3 rings (SSSR count). The number of nitrogens with zero attached hydrogens (tertiary/aromatic N) is 2. The predicted octanol–water partition coefficient (Wildman–Crippen LogP) is 3.65. The van der Waals surface area contributed by atoms with E-state index in [1.807, 2.05) is 0 Å². The van der Waals surface area contributed by atoms with Crippen LogP contribution in [0.1, 0.15) is 32.2 Å². The number of halogens is 1. The van der Waals surface area contributed by atoms with Gasteiger partial charge in [-0.2, -0.15) is 0 Å². The first-order chi connectivity index (χ1) is 12.7. The maximum atomic E-state index is 13.8. The Labute approximate surface area is 157 Å². The van der Waals surface area contributed by atoms with Gasteiger partial charge in [-0.15, -0.1) is 10.2 Å². The molecule has 2 aromatic carbocycles. The fourth-order valence-corrected chi connectivity index (χ4v) is 3.42. The fraction of sp³-hybridized carbons (Fsp3) is 0.263. The molecule has 0 amide bonds. The van der Waals surface area contributed by atoms with Crippen molar-refractivity contribution in [1.82, 2.24) is 14.9 Å². The Balaban J connectivity index is 1.72. The van der Waals surface area contributed by atoms with Crippen LogP contribution >= 0.6 is 0 Å². The molecule has 0 saturated heterocycles. The molecule has 8 heteroatoms. The fourth-order valence-electron chi connectivity index (χ4n) is 2.44. The minimum absolute atomic E-state index is 0.00294. The zero-order chi connectivity index (χ0) is 19.7. The summed E-state index contributed by atoms with van der Waals surface area (Å²) in [6.45, 7) is 5.97. The molecule has 1 aromatic heterocycles. The van der Waals surface area contributed by atoms with Gasteiger partial charge in [-0.1, -0.05) is 45.0 Å². The summed E-state index contributed by atoms with van der Waals surface area (Å²) < 4.78 is 46.4. The summed E-state index contributed by atoms with van der Waals surface area (Å²) in [7, 11) is -3.74. The first-order valence-corrected chi connectivity index (χ1v) is 9.83. The highest BCUT2D eigenvalue weighted by molar-refractivity contribution is 7.89. The molecule has 3 aromatic rings. The van der Waals surface area contributed by atoms with Crippen LogP contribution in [0, 0.1) is 5.82 Å². The Kier molecular flexibility index (Phi) is 5.12. The smallest absolute Gasteiger partial charge is 0.250 e. The van der Waals surface area contributed by atoms with Crippen LogP contribution < -0.4 is 4.72 Å². The molecule has 0 atom stereocenters. The molecule has 1 N–H and O–H groups in total. The Bertz CT molecular complexity index is 1040. The molecule has 0 saturated carbocycles. The Morgan fingerprint density at radius 1 is 1.04 bits per heavy atom. The zero-order valence-corrected chi connectivity index (χ0v) is 16.0. The largest absolute Gasteiger partial charge is 0.419 e. The van der Waals surface area contributed by atoms with Crippen molar-refractivity contribution in [3.8, 4) is 11.5 Å². The Morgan fingerprint density at radius 2 is 1.70 bits per heavy atom. The van der Waals surface area contributed by atoms with Gasteiger partial charge < -0.3 is 4.42 Å². The lowest BCUT2D eigenvalue weighted by Crippen LogP contribution is -2.23. The van der Waals surface area contributed by atoms with Gasteiger partial charge >= 0.3 is 0 Å². The molecule has 142 valence electrons. The Hall–Kier alpha value is -2.58. The summed E-state index contributed by atoms with van der Waals surface area (Å²) in [5.41, 5.74) is 1.13. The normalized spacial score (nSPS) is 12.3. The number of rotatable bonds is 5. The summed E-state index contributed by atoms with van der Waals surface area (Å²) in [5, 5.41) is 7.53. The molecule has 27 heavy (non-hydrogen) atoms. The van der Waals surface area contributed by atoms with Crippen LogP contribution in [0.25, 0.3) is 11.5 Å². The maximum absolute atomic E-state index is 13.8. The average molecular weight is 389 g/mol. The van der Waals surface area contributed by atoms with Crippen LogP contribution in [0.15, 0.2) is 57.8 Å². The molecular formula is C19H20FN3O3S. The van der Waals surface area contributed by atoms with Crippen molar-refractivity contribution in [1.29, 1.82) is 0 Å². The van der Waals surface area contributed by atoms with Crippen molar-refractivity contribution >= 4 is 10.0 Å².